The van der Waals surface area contributed by atoms with Gasteiger partial charge in [-0.05, 0) is 111 Å². The van der Waals surface area contributed by atoms with E-state index in [1.54, 1.807) is 24.3 Å². The average Bonchev–Trinajstić information content (AvgIpc) is 3.80. The highest BCUT2D eigenvalue weighted by Gasteiger charge is 2.33. The summed E-state index contributed by atoms with van der Waals surface area (Å²) in [5.41, 5.74) is 4.01. The van der Waals surface area contributed by atoms with Crippen LogP contribution in [0.5, 0.6) is 5.75 Å². The quantitative estimate of drug-likeness (QED) is 0.422. The van der Waals surface area contributed by atoms with E-state index in [4.69, 9.17) is 9.84 Å². The molecule has 7 nitrogen and oxygen atoms in total. The van der Waals surface area contributed by atoms with E-state index in [2.05, 4.69) is 22.8 Å². The van der Waals surface area contributed by atoms with Crippen LogP contribution in [0.1, 0.15) is 95.0 Å². The van der Waals surface area contributed by atoms with E-state index in [9.17, 15) is 14.4 Å². The summed E-state index contributed by atoms with van der Waals surface area (Å²) in [6, 6.07) is 13.1. The standard InChI is InChI=1S/C29H34N2O5/c32-27(20-5-10-23(11-6-20)36-24-12-7-21(8-13-24)29(34)35)30-15-16-31-28(33)22-9-14-25(18-1-2-18)26(17-22)19-3-4-19/h5-6,9-11,14,17-19,21,24H,1-4,7-8,12-13,15-16H2,(H,30,32)(H,31,33)(H,34,35). The van der Waals surface area contributed by atoms with E-state index < -0.39 is 5.97 Å². The number of carbonyl (C=O) groups excluding carboxylic acids is 2. The van der Waals surface area contributed by atoms with Gasteiger partial charge in [0.05, 0.1) is 12.0 Å². The molecule has 0 aromatic heterocycles. The number of carbonyl (C=O) groups is 3. The Kier molecular flexibility index (Phi) is 7.25. The Balaban J connectivity index is 1.04. The van der Waals surface area contributed by atoms with Crippen LogP contribution in [0.15, 0.2) is 42.5 Å². The largest absolute Gasteiger partial charge is 0.490 e. The van der Waals surface area contributed by atoms with E-state index in [-0.39, 0.29) is 23.8 Å². The minimum atomic E-state index is -0.728. The zero-order chi connectivity index (χ0) is 25.1. The molecule has 0 unspecified atom stereocenters. The second-order valence-corrected chi connectivity index (χ2v) is 10.4. The van der Waals surface area contributed by atoms with Crippen LogP contribution >= 0.6 is 0 Å². The van der Waals surface area contributed by atoms with Gasteiger partial charge in [0.25, 0.3) is 11.8 Å². The minimum absolute atomic E-state index is 0.00847. The molecule has 2 aromatic carbocycles. The van der Waals surface area contributed by atoms with Crippen LogP contribution in [0.4, 0.5) is 0 Å². The minimum Gasteiger partial charge on any atom is -0.490 e. The molecule has 3 N–H and O–H groups in total. The Morgan fingerprint density at radius 2 is 1.28 bits per heavy atom. The van der Waals surface area contributed by atoms with E-state index in [0.29, 0.717) is 54.6 Å². The number of amides is 2. The van der Waals surface area contributed by atoms with Gasteiger partial charge in [-0.2, -0.15) is 0 Å². The Morgan fingerprint density at radius 3 is 1.86 bits per heavy atom. The Bertz CT molecular complexity index is 1110. The van der Waals surface area contributed by atoms with Crippen LogP contribution in [0, 0.1) is 5.92 Å². The van der Waals surface area contributed by atoms with Crippen molar-refractivity contribution in [1.82, 2.24) is 10.6 Å². The first-order valence-corrected chi connectivity index (χ1v) is 13.2. The SMILES string of the molecule is O=C(NCCNC(=O)c1ccc(C2CC2)c(C2CC2)c1)c1ccc(OC2CCC(C(=O)O)CC2)cc1. The molecule has 0 saturated heterocycles. The number of hydrogen-bond donors (Lipinski definition) is 3. The third-order valence-corrected chi connectivity index (χ3v) is 7.52. The lowest BCUT2D eigenvalue weighted by atomic mass is 9.87. The fraction of sp³-hybridized carbons (Fsp3) is 0.483. The van der Waals surface area contributed by atoms with Crippen molar-refractivity contribution in [2.75, 3.05) is 13.1 Å². The zero-order valence-electron chi connectivity index (χ0n) is 20.5. The third-order valence-electron chi connectivity index (χ3n) is 7.52. The van der Waals surface area contributed by atoms with Crippen molar-refractivity contribution < 1.29 is 24.2 Å². The molecule has 5 rings (SSSR count). The Hall–Kier alpha value is -3.35. The summed E-state index contributed by atoms with van der Waals surface area (Å²) in [5, 5.41) is 14.9. The van der Waals surface area contributed by atoms with E-state index in [1.165, 1.54) is 36.8 Å². The van der Waals surface area contributed by atoms with Gasteiger partial charge in [-0.1, -0.05) is 6.07 Å². The molecular weight excluding hydrogens is 456 g/mol. The van der Waals surface area contributed by atoms with Crippen LogP contribution in [0.3, 0.4) is 0 Å². The fourth-order valence-electron chi connectivity index (χ4n) is 5.09. The number of hydrogen-bond acceptors (Lipinski definition) is 4. The van der Waals surface area contributed by atoms with Gasteiger partial charge >= 0.3 is 5.97 Å². The summed E-state index contributed by atoms with van der Waals surface area (Å²) in [5.74, 6) is 0.678. The van der Waals surface area contributed by atoms with Crippen molar-refractivity contribution >= 4 is 17.8 Å². The van der Waals surface area contributed by atoms with Crippen molar-refractivity contribution in [2.24, 2.45) is 5.92 Å². The topological polar surface area (TPSA) is 105 Å². The van der Waals surface area contributed by atoms with Gasteiger partial charge in [-0.3, -0.25) is 14.4 Å². The van der Waals surface area contributed by atoms with Gasteiger partial charge in [-0.15, -0.1) is 0 Å². The number of benzene rings is 2. The highest BCUT2D eigenvalue weighted by atomic mass is 16.5. The number of nitrogens with one attached hydrogen (secondary N) is 2. The maximum absolute atomic E-state index is 12.6. The molecule has 0 heterocycles. The number of rotatable bonds is 10. The van der Waals surface area contributed by atoms with Crippen molar-refractivity contribution in [3.05, 3.63) is 64.7 Å². The lowest BCUT2D eigenvalue weighted by molar-refractivity contribution is -0.143. The van der Waals surface area contributed by atoms with Crippen LogP contribution in [-0.2, 0) is 4.79 Å². The summed E-state index contributed by atoms with van der Waals surface area (Å²) in [6.45, 7) is 0.694. The molecule has 3 aliphatic carbocycles. The van der Waals surface area contributed by atoms with Gasteiger partial charge in [0.2, 0.25) is 0 Å². The number of carboxylic acid groups (broad SMARTS) is 1. The number of carboxylic acids is 1. The second-order valence-electron chi connectivity index (χ2n) is 10.4. The van der Waals surface area contributed by atoms with Crippen LogP contribution in [0.2, 0.25) is 0 Å². The molecule has 0 radical (unpaired) electrons. The summed E-state index contributed by atoms with van der Waals surface area (Å²) < 4.78 is 5.96. The predicted octanol–water partition coefficient (Wildman–Crippen LogP) is 4.62. The van der Waals surface area contributed by atoms with Crippen LogP contribution in [0.25, 0.3) is 0 Å². The molecule has 2 aromatic rings. The smallest absolute Gasteiger partial charge is 0.306 e. The zero-order valence-corrected chi connectivity index (χ0v) is 20.5. The van der Waals surface area contributed by atoms with Gasteiger partial charge in [0.15, 0.2) is 0 Å². The molecule has 2 amide bonds. The molecule has 3 aliphatic rings. The maximum Gasteiger partial charge on any atom is 0.306 e. The first kappa shape index (κ1) is 24.3. The summed E-state index contributed by atoms with van der Waals surface area (Å²) in [7, 11) is 0. The predicted molar refractivity (Wildman–Crippen MR) is 136 cm³/mol. The summed E-state index contributed by atoms with van der Waals surface area (Å²) in [4.78, 5) is 36.2. The molecule has 190 valence electrons. The number of ether oxygens (including phenoxy) is 1. The molecule has 0 spiro atoms. The molecule has 0 atom stereocenters. The molecule has 0 bridgehead atoms. The molecule has 7 heteroatoms. The second kappa shape index (κ2) is 10.7. The third kappa shape index (κ3) is 6.07. The van der Waals surface area contributed by atoms with Crippen molar-refractivity contribution in [3.8, 4) is 5.75 Å². The van der Waals surface area contributed by atoms with Crippen molar-refractivity contribution in [2.45, 2.75) is 69.3 Å². The van der Waals surface area contributed by atoms with Crippen LogP contribution in [-0.4, -0.2) is 42.1 Å². The summed E-state index contributed by atoms with van der Waals surface area (Å²) >= 11 is 0. The molecule has 36 heavy (non-hydrogen) atoms. The van der Waals surface area contributed by atoms with Crippen molar-refractivity contribution in [3.63, 3.8) is 0 Å². The van der Waals surface area contributed by atoms with Gasteiger partial charge in [-0.25, -0.2) is 0 Å². The highest BCUT2D eigenvalue weighted by molar-refractivity contribution is 5.95. The average molecular weight is 491 g/mol. The molecular formula is C29H34N2O5. The van der Waals surface area contributed by atoms with E-state index in [0.717, 1.165) is 12.8 Å². The maximum atomic E-state index is 12.6. The molecule has 0 aliphatic heterocycles. The van der Waals surface area contributed by atoms with Gasteiger partial charge in [0.1, 0.15) is 5.75 Å². The van der Waals surface area contributed by atoms with Crippen molar-refractivity contribution in [1.29, 1.82) is 0 Å². The van der Waals surface area contributed by atoms with Crippen LogP contribution < -0.4 is 15.4 Å². The first-order valence-electron chi connectivity index (χ1n) is 13.2. The fourth-order valence-corrected chi connectivity index (χ4v) is 5.09. The first-order chi connectivity index (χ1) is 17.5. The Labute approximate surface area is 211 Å². The van der Waals surface area contributed by atoms with E-state index in [1.807, 2.05) is 6.07 Å². The molecule has 3 fully saturated rings. The lowest BCUT2D eigenvalue weighted by Gasteiger charge is -2.26. The lowest BCUT2D eigenvalue weighted by Crippen LogP contribution is -2.34. The molecule has 3 saturated carbocycles. The number of aliphatic carboxylic acids is 1. The monoisotopic (exact) mass is 490 g/mol. The van der Waals surface area contributed by atoms with E-state index >= 15 is 0 Å². The van der Waals surface area contributed by atoms with Gasteiger partial charge in [0, 0.05) is 24.2 Å². The normalized spacial score (nSPS) is 21.4. The Morgan fingerprint density at radius 1 is 0.722 bits per heavy atom. The highest BCUT2D eigenvalue weighted by Crippen LogP contribution is 2.49. The van der Waals surface area contributed by atoms with Gasteiger partial charge < -0.3 is 20.5 Å². The summed E-state index contributed by atoms with van der Waals surface area (Å²) in [6.07, 6.45) is 7.67.